The van der Waals surface area contributed by atoms with Crippen molar-refractivity contribution in [1.29, 1.82) is 0 Å². The number of amides is 1. The number of nitrogens with one attached hydrogen (secondary N) is 1. The predicted octanol–water partition coefficient (Wildman–Crippen LogP) is 19.7. The van der Waals surface area contributed by atoms with Gasteiger partial charge in [-0.3, -0.25) is 14.2 Å². The lowest BCUT2D eigenvalue weighted by Gasteiger charge is -2.30. The molecular formula is C69H123N2O7P. The Balaban J connectivity index is 5.21. The number of rotatable bonds is 58. The molecule has 0 saturated heterocycles. The lowest BCUT2D eigenvalue weighted by molar-refractivity contribution is -0.870. The zero-order valence-corrected chi connectivity index (χ0v) is 52.9. The van der Waals surface area contributed by atoms with Crippen molar-refractivity contribution in [1.82, 2.24) is 5.32 Å². The van der Waals surface area contributed by atoms with Crippen LogP contribution in [0, 0.1) is 0 Å². The minimum atomic E-state index is -4.71. The van der Waals surface area contributed by atoms with Crippen molar-refractivity contribution in [3.8, 4) is 0 Å². The van der Waals surface area contributed by atoms with E-state index in [9.17, 15) is 19.0 Å². The molecule has 0 radical (unpaired) electrons. The van der Waals surface area contributed by atoms with Gasteiger partial charge in [0.2, 0.25) is 5.91 Å². The van der Waals surface area contributed by atoms with Crippen LogP contribution in [0.2, 0.25) is 0 Å². The molecule has 1 N–H and O–H groups in total. The molecule has 0 heterocycles. The third-order valence-electron chi connectivity index (χ3n) is 14.0. The second-order valence-corrected chi connectivity index (χ2v) is 24.3. The van der Waals surface area contributed by atoms with Crippen LogP contribution < -0.4 is 10.2 Å². The van der Waals surface area contributed by atoms with E-state index < -0.39 is 26.6 Å². The van der Waals surface area contributed by atoms with Crippen LogP contribution in [0.25, 0.3) is 0 Å². The molecule has 79 heavy (non-hydrogen) atoms. The zero-order chi connectivity index (χ0) is 57.9. The second kappa shape index (κ2) is 58.1. The number of carbonyl (C=O) groups is 2. The van der Waals surface area contributed by atoms with Crippen LogP contribution in [0.5, 0.6) is 0 Å². The molecule has 3 unspecified atom stereocenters. The number of hydrogen-bond donors (Lipinski definition) is 1. The Bertz CT molecular complexity index is 1670. The van der Waals surface area contributed by atoms with Gasteiger partial charge in [0.15, 0.2) is 0 Å². The molecule has 3 atom stereocenters. The molecule has 10 heteroatoms. The van der Waals surface area contributed by atoms with E-state index in [0.29, 0.717) is 23.9 Å². The molecule has 1 amide bonds. The molecule has 0 spiro atoms. The lowest BCUT2D eigenvalue weighted by Crippen LogP contribution is -2.47. The summed E-state index contributed by atoms with van der Waals surface area (Å²) in [5.41, 5.74) is 0. The fourth-order valence-electron chi connectivity index (χ4n) is 8.99. The van der Waals surface area contributed by atoms with Crippen molar-refractivity contribution >= 4 is 19.7 Å². The zero-order valence-electron chi connectivity index (χ0n) is 52.1. The van der Waals surface area contributed by atoms with Gasteiger partial charge in [-0.2, -0.15) is 0 Å². The standard InChI is InChI=1S/C69H123N2O7P/c1-7-10-13-16-19-22-25-28-30-32-33-34-35-36-37-38-39-40-42-44-47-50-53-56-59-62-69(73)78-67(60-57-54-51-48-45-27-24-21-18-15-12-9-3)66(65-77-79(74,75)76-64-63-71(4,5)6)70-68(72)61-58-55-52-49-46-43-41-31-29-26-23-20-17-14-11-8-2/h10,13,19,22,28,30-31,33-34,36-37,39-41,57,60,66-67H,7-9,11-12,14-18,20-21,23-27,29,32,35,38,42-56,58-59,61-65H2,1-6H3,(H-,70,72,74,75)/b13-10-,22-19-,30-28-,34-33-,37-36-,40-39-,41-31+,60-57-. The first-order valence-electron chi connectivity index (χ1n) is 32.5. The summed E-state index contributed by atoms with van der Waals surface area (Å²) in [4.78, 5) is 40.0. The van der Waals surface area contributed by atoms with Gasteiger partial charge in [0.25, 0.3) is 7.82 Å². The van der Waals surface area contributed by atoms with Gasteiger partial charge >= 0.3 is 5.97 Å². The summed E-state index contributed by atoms with van der Waals surface area (Å²) >= 11 is 0. The summed E-state index contributed by atoms with van der Waals surface area (Å²) in [6.07, 6.45) is 78.0. The first-order valence-corrected chi connectivity index (χ1v) is 34.0. The van der Waals surface area contributed by atoms with E-state index in [1.807, 2.05) is 33.3 Å². The molecule has 0 aliphatic heterocycles. The van der Waals surface area contributed by atoms with Crippen molar-refractivity contribution in [2.45, 2.75) is 290 Å². The van der Waals surface area contributed by atoms with Gasteiger partial charge < -0.3 is 28.5 Å². The third kappa shape index (κ3) is 59.4. The monoisotopic (exact) mass is 1120 g/mol. The number of likely N-dealkylation sites (N-methyl/N-ethyl adjacent to an activating group) is 1. The first-order chi connectivity index (χ1) is 38.4. The van der Waals surface area contributed by atoms with Crippen molar-refractivity contribution in [2.24, 2.45) is 0 Å². The molecule has 0 fully saturated rings. The summed E-state index contributed by atoms with van der Waals surface area (Å²) in [6, 6.07) is -0.904. The van der Waals surface area contributed by atoms with Crippen LogP contribution in [0.15, 0.2) is 97.2 Å². The Labute approximate surface area is 488 Å². The maximum Gasteiger partial charge on any atom is 0.306 e. The SMILES string of the molecule is CC/C=C\C/C=C\C/C=C\C/C=C\C/C=C\C/C=C\CCCCCCCCC(=O)OC(/C=C\CCCCCCCCCCCC)C(COP(=O)([O-])OCC[N+](C)(C)C)NC(=O)CCCCCCC/C=C/CCCCCCCCC. The Kier molecular flexibility index (Phi) is 55.9. The van der Waals surface area contributed by atoms with Crippen molar-refractivity contribution < 1.29 is 37.3 Å². The Morgan fingerprint density at radius 3 is 1.23 bits per heavy atom. The second-order valence-electron chi connectivity index (χ2n) is 22.9. The molecule has 0 aromatic heterocycles. The normalized spacial score (nSPS) is 14.3. The highest BCUT2D eigenvalue weighted by Gasteiger charge is 2.27. The summed E-state index contributed by atoms with van der Waals surface area (Å²) in [5, 5.41) is 3.02. The number of carbonyl (C=O) groups excluding carboxylic acids is 2. The van der Waals surface area contributed by atoms with Gasteiger partial charge in [-0.05, 0) is 109 Å². The van der Waals surface area contributed by atoms with Crippen molar-refractivity contribution in [2.75, 3.05) is 40.9 Å². The average molecular weight is 1120 g/mol. The van der Waals surface area contributed by atoms with E-state index in [1.54, 1.807) is 0 Å². The first kappa shape index (κ1) is 75.9. The Hall–Kier alpha value is -3.07. The number of hydrogen-bond acceptors (Lipinski definition) is 7. The summed E-state index contributed by atoms with van der Waals surface area (Å²) in [5.74, 6) is -0.568. The molecule has 0 bridgehead atoms. The number of esters is 1. The highest BCUT2D eigenvalue weighted by Crippen LogP contribution is 2.38. The fraction of sp³-hybridized carbons (Fsp3) is 0.739. The minimum absolute atomic E-state index is 0.0303. The van der Waals surface area contributed by atoms with Crippen molar-refractivity contribution in [3.63, 3.8) is 0 Å². The molecule has 0 rings (SSSR count). The number of phosphoric acid groups is 1. The molecule has 0 saturated carbocycles. The maximum atomic E-state index is 13.5. The van der Waals surface area contributed by atoms with Crippen LogP contribution in [-0.2, 0) is 27.9 Å². The van der Waals surface area contributed by atoms with Crippen LogP contribution >= 0.6 is 7.82 Å². The van der Waals surface area contributed by atoms with E-state index in [0.717, 1.165) is 135 Å². The van der Waals surface area contributed by atoms with E-state index in [1.165, 1.54) is 103 Å². The Morgan fingerprint density at radius 2 is 0.810 bits per heavy atom. The van der Waals surface area contributed by atoms with Gasteiger partial charge in [-0.1, -0.05) is 253 Å². The molecule has 0 aliphatic carbocycles. The fourth-order valence-corrected chi connectivity index (χ4v) is 9.71. The summed E-state index contributed by atoms with van der Waals surface area (Å²) in [6.45, 7) is 6.71. The molecule has 456 valence electrons. The lowest BCUT2D eigenvalue weighted by atomic mass is 10.0. The van der Waals surface area contributed by atoms with Gasteiger partial charge in [0.1, 0.15) is 19.3 Å². The largest absolute Gasteiger partial charge is 0.756 e. The predicted molar refractivity (Wildman–Crippen MR) is 339 cm³/mol. The summed E-state index contributed by atoms with van der Waals surface area (Å²) in [7, 11) is 1.16. The number of nitrogens with zero attached hydrogens (tertiary/aromatic N) is 1. The van der Waals surface area contributed by atoms with Crippen LogP contribution in [0.3, 0.4) is 0 Å². The number of ether oxygens (including phenoxy) is 1. The maximum absolute atomic E-state index is 13.5. The van der Waals surface area contributed by atoms with Crippen LogP contribution in [-0.4, -0.2) is 69.4 Å². The van der Waals surface area contributed by atoms with Gasteiger partial charge in [0.05, 0.1) is 33.8 Å². The van der Waals surface area contributed by atoms with E-state index in [4.69, 9.17) is 13.8 Å². The van der Waals surface area contributed by atoms with E-state index in [2.05, 4.69) is 111 Å². The number of quaternary nitrogens is 1. The number of phosphoric ester groups is 1. The van der Waals surface area contributed by atoms with Crippen LogP contribution in [0.4, 0.5) is 0 Å². The highest BCUT2D eigenvalue weighted by molar-refractivity contribution is 7.45. The van der Waals surface area contributed by atoms with Gasteiger partial charge in [0, 0.05) is 12.8 Å². The highest BCUT2D eigenvalue weighted by atomic mass is 31.2. The van der Waals surface area contributed by atoms with Crippen LogP contribution in [0.1, 0.15) is 278 Å². The average Bonchev–Trinajstić information content (AvgIpc) is 3.41. The molecule has 0 aliphatic rings. The van der Waals surface area contributed by atoms with Crippen molar-refractivity contribution in [3.05, 3.63) is 97.2 Å². The third-order valence-corrected chi connectivity index (χ3v) is 15.0. The Morgan fingerprint density at radius 1 is 0.456 bits per heavy atom. The summed E-state index contributed by atoms with van der Waals surface area (Å²) < 4.78 is 30.3. The number of allylic oxidation sites excluding steroid dienone is 15. The smallest absolute Gasteiger partial charge is 0.306 e. The molecular weight excluding hydrogens is 1000 g/mol. The van der Waals surface area contributed by atoms with E-state index >= 15 is 0 Å². The molecule has 0 aromatic carbocycles. The molecule has 0 aromatic rings. The quantitative estimate of drug-likeness (QED) is 0.0212. The van der Waals surface area contributed by atoms with Gasteiger partial charge in [-0.15, -0.1) is 0 Å². The van der Waals surface area contributed by atoms with Gasteiger partial charge in [-0.25, -0.2) is 0 Å². The number of unbranched alkanes of at least 4 members (excludes halogenated alkanes) is 28. The molecule has 9 nitrogen and oxygen atoms in total. The van der Waals surface area contributed by atoms with E-state index in [-0.39, 0.29) is 24.9 Å². The topological polar surface area (TPSA) is 114 Å². The minimum Gasteiger partial charge on any atom is -0.756 e.